The summed E-state index contributed by atoms with van der Waals surface area (Å²) in [6.45, 7) is 39.2. The van der Waals surface area contributed by atoms with E-state index in [1.54, 1.807) is 0 Å². The summed E-state index contributed by atoms with van der Waals surface area (Å²) in [6, 6.07) is 148. The smallest absolute Gasteiger partial charge is 0.188 e. The Labute approximate surface area is 921 Å². The van der Waals surface area contributed by atoms with Gasteiger partial charge in [0.25, 0.3) is 0 Å². The average Bonchev–Trinajstić information content (AvgIpc) is 1.61. The van der Waals surface area contributed by atoms with Crippen LogP contribution in [-0.2, 0) is 75.8 Å². The average molecular weight is 2530 g/mol. The molecule has 0 aliphatic carbocycles. The van der Waals surface area contributed by atoms with Crippen molar-refractivity contribution in [1.29, 1.82) is 0 Å². The fourth-order valence-electron chi connectivity index (χ4n) is 21.8. The van der Waals surface area contributed by atoms with E-state index in [-0.39, 0.29) is 68.7 Å². The molecule has 0 saturated carbocycles. The molecule has 12 nitrogen and oxygen atoms in total. The fraction of sp³-hybridized carbons (Fsp3) is 0.176. The maximum absolute atomic E-state index is 4.96. The molecule has 0 amide bonds. The molecular formula is C131H121N12Pt3Si3-3. The third kappa shape index (κ3) is 19.1. The number of pyridine rings is 3. The van der Waals surface area contributed by atoms with Crippen molar-refractivity contribution in [3.8, 4) is 67.9 Å². The molecule has 18 heteroatoms. The van der Waals surface area contributed by atoms with Gasteiger partial charge in [0.15, 0.2) is 52.1 Å². The number of aromatic nitrogens is 12. The number of fused-ring (bicyclic) bond motifs is 12. The molecule has 9 heterocycles. The van der Waals surface area contributed by atoms with Gasteiger partial charge in [-0.25, -0.2) is 42.4 Å². The van der Waals surface area contributed by atoms with Crippen LogP contribution in [0.2, 0.25) is 39.3 Å². The van der Waals surface area contributed by atoms with Gasteiger partial charge in [0, 0.05) is 159 Å². The van der Waals surface area contributed by atoms with Crippen LogP contribution in [-0.4, -0.2) is 80.3 Å². The van der Waals surface area contributed by atoms with Gasteiger partial charge < -0.3 is 13.7 Å². The van der Waals surface area contributed by atoms with E-state index in [0.717, 1.165) is 67.6 Å². The summed E-state index contributed by atoms with van der Waals surface area (Å²) in [6.07, 6.45) is 12.4. The Kier molecular flexibility index (Phi) is 29.3. The minimum atomic E-state index is -2.26. The maximum Gasteiger partial charge on any atom is 0.188 e. The molecule has 15 aromatic carbocycles. The second kappa shape index (κ2) is 42.0. The van der Waals surface area contributed by atoms with Crippen LogP contribution in [0.4, 0.5) is 0 Å². The number of rotatable bonds is 19. The van der Waals surface area contributed by atoms with Crippen LogP contribution in [0.1, 0.15) is 117 Å². The van der Waals surface area contributed by atoms with Crippen molar-refractivity contribution in [1.82, 2.24) is 56.1 Å². The zero-order valence-electron chi connectivity index (χ0n) is 87.5. The Balaban J connectivity index is 0.000000139. The Morgan fingerprint density at radius 3 is 0.893 bits per heavy atom. The van der Waals surface area contributed by atoms with Crippen molar-refractivity contribution in [3.05, 3.63) is 436 Å². The van der Waals surface area contributed by atoms with Gasteiger partial charge in [-0.05, 0) is 210 Å². The Morgan fingerprint density at radius 1 is 0.268 bits per heavy atom. The van der Waals surface area contributed by atoms with Crippen molar-refractivity contribution >= 4 is 154 Å². The molecule has 0 saturated heterocycles. The number of hydrogen-bond acceptors (Lipinski definition) is 3. The predicted molar refractivity (Wildman–Crippen MR) is 621 cm³/mol. The second-order valence-corrected chi connectivity index (χ2v) is 55.7. The zero-order chi connectivity index (χ0) is 101. The van der Waals surface area contributed by atoms with Gasteiger partial charge in [-0.3, -0.25) is 0 Å². The molecule has 0 atom stereocenters. The first-order valence-electron chi connectivity index (χ1n) is 51.2. The van der Waals surface area contributed by atoms with E-state index in [0.29, 0.717) is 23.8 Å². The third-order valence-corrected chi connectivity index (χ3v) is 39.7. The second-order valence-electron chi connectivity index (χ2n) is 42.7. The molecule has 0 radical (unpaired) electrons. The quantitative estimate of drug-likeness (QED) is 0.0597. The van der Waals surface area contributed by atoms with Crippen LogP contribution in [0.25, 0.3) is 166 Å². The molecule has 0 bridgehead atoms. The van der Waals surface area contributed by atoms with Gasteiger partial charge in [-0.2, -0.15) is 122 Å². The van der Waals surface area contributed by atoms with E-state index < -0.39 is 24.2 Å². The van der Waals surface area contributed by atoms with Crippen molar-refractivity contribution in [2.24, 2.45) is 7.05 Å². The summed E-state index contributed by atoms with van der Waals surface area (Å²) in [7, 11) is -4.62. The van der Waals surface area contributed by atoms with E-state index in [9.17, 15) is 0 Å². The molecular weight excluding hydrogens is 2410 g/mol. The van der Waals surface area contributed by atoms with Gasteiger partial charge in [0.1, 0.15) is 17.5 Å². The van der Waals surface area contributed by atoms with Crippen LogP contribution in [0, 0.1) is 36.4 Å². The fourth-order valence-corrected chi connectivity index (χ4v) is 28.3. The molecule has 750 valence electrons. The predicted octanol–water partition coefficient (Wildman–Crippen LogP) is 29.1. The zero-order valence-corrected chi connectivity index (χ0v) is 97.3. The molecule has 149 heavy (non-hydrogen) atoms. The number of hydrogen-bond donors (Lipinski definition) is 0. The molecule has 0 N–H and O–H groups in total. The first-order valence-corrected chi connectivity index (χ1v) is 60.2. The molecule has 9 aromatic heterocycles. The van der Waals surface area contributed by atoms with E-state index in [4.69, 9.17) is 15.0 Å². The normalized spacial score (nSPS) is 12.0. The van der Waals surface area contributed by atoms with E-state index in [2.05, 4.69) is 565 Å². The monoisotopic (exact) mass is 2530 g/mol. The number of aryl methyl sites for hydroxylation is 1. The summed E-state index contributed by atoms with van der Waals surface area (Å²) in [5, 5.41) is 14.7. The topological polar surface area (TPSA) is 83.0 Å². The molecule has 0 fully saturated rings. The minimum Gasteiger partial charge on any atom is -0.319 e. The summed E-state index contributed by atoms with van der Waals surface area (Å²) < 4.78 is 20.6. The molecule has 24 rings (SSSR count). The molecule has 0 aliphatic rings. The first-order chi connectivity index (χ1) is 70.5. The van der Waals surface area contributed by atoms with Crippen LogP contribution in [0.3, 0.4) is 0 Å². The maximum atomic E-state index is 4.96. The number of imidazole rings is 3. The summed E-state index contributed by atoms with van der Waals surface area (Å²) in [5.41, 5.74) is 28.2. The van der Waals surface area contributed by atoms with E-state index in [1.165, 1.54) is 147 Å². The van der Waals surface area contributed by atoms with Crippen LogP contribution >= 0.6 is 0 Å². The van der Waals surface area contributed by atoms with Crippen molar-refractivity contribution < 1.29 is 63.2 Å². The minimum absolute atomic E-state index is 0. The van der Waals surface area contributed by atoms with Gasteiger partial charge in [0.2, 0.25) is 0 Å². The largest absolute Gasteiger partial charge is 0.319 e. The van der Waals surface area contributed by atoms with E-state index in [1.807, 2.05) is 18.6 Å². The Morgan fingerprint density at radius 2 is 0.550 bits per heavy atom. The van der Waals surface area contributed by atoms with Crippen LogP contribution < -0.4 is 31.1 Å². The van der Waals surface area contributed by atoms with Gasteiger partial charge >= 0.3 is 0 Å². The van der Waals surface area contributed by atoms with Crippen LogP contribution in [0.15, 0.2) is 383 Å². The number of nitrogens with zero attached hydrogens (tertiary/aromatic N) is 12. The van der Waals surface area contributed by atoms with Crippen molar-refractivity contribution in [2.45, 2.75) is 145 Å². The SMILES string of the molecule is CC(C)c1ccccc1-c1ccnc(-n2c3[c-]c([Si](C)(C)c4[c-]c(-n5[cH+]n(C(C)(C)C)c6ccccc65)ccc4)ccc3c3ccccc32)c1.CC(C)c1ccccc1-c1ccnc(-n2c3[c-]c([Si](C)(C)c4[c-]c(-n5[cH+]n(C(C)C)c6ccccc65)ccc4)ccc3c3ccccc32)c1.CC(C)c1ccccc1-c1ccnc(-n2c3[c-]c([Si](C)(C)c4[c-]c(-n5[cH+]n(C)c6ccccc65)ccc4)ccc3c3ccccc32)c1.[Pt].[Pt].[Pt]. The van der Waals surface area contributed by atoms with Crippen LogP contribution in [0.5, 0.6) is 0 Å². The Bertz CT molecular complexity index is 9170. The molecule has 0 aliphatic heterocycles. The van der Waals surface area contributed by atoms with E-state index >= 15 is 0 Å². The summed E-state index contributed by atoms with van der Waals surface area (Å²) in [4.78, 5) is 14.9. The molecule has 0 spiro atoms. The first kappa shape index (κ1) is 104. The van der Waals surface area contributed by atoms with Crippen molar-refractivity contribution in [3.63, 3.8) is 0 Å². The summed E-state index contributed by atoms with van der Waals surface area (Å²) in [5.74, 6) is 3.98. The van der Waals surface area contributed by atoms with Gasteiger partial charge in [0.05, 0.1) is 35.8 Å². The third-order valence-electron chi connectivity index (χ3n) is 29.9. The summed E-state index contributed by atoms with van der Waals surface area (Å²) >= 11 is 0. The molecule has 24 aromatic rings. The molecule has 0 unspecified atom stereocenters. The van der Waals surface area contributed by atoms with Gasteiger partial charge in [-0.15, -0.1) is 52.6 Å². The van der Waals surface area contributed by atoms with Gasteiger partial charge in [-0.1, -0.05) is 225 Å². The van der Waals surface area contributed by atoms with Crippen molar-refractivity contribution in [2.75, 3.05) is 0 Å². The standard InChI is InChI=1S/C45H43N4Si.C44H41N4Si.C42H37N4Si.3Pt/c1-31(2)36-17-8-9-18-37(36)32-25-26-46-44(27-32)49-40-20-11-10-19-38(40)39-24-23-35(29-43(39)49)50(6,7)34-16-14-15-33(28-34)47-30-48(45(3,4)5)42-22-13-12-21-41(42)47;1-30(2)36-16-7-8-17-37(36)32-24-25-45-44(26-32)48-40-19-10-9-18-38(40)39-23-22-35(28-43(39)48)49(5,6)34-15-13-14-33(27-34)47-29-46(31(3)4)41-20-11-12-21-42(41)47;1-29(2)34-15-6-7-16-35(34)30-23-24-43-42(25-30)46-38-18-9-8-17-36(38)37-22-21-33(27-41(37)46)47(4,5)32-14-12-13-31(26-32)45-28-44(3)39-19-10-11-20-40(39)45;;;/h8-27,30-31H,1-7H3;7-26,29-31H,1-6H3;6-25,28-29H,1-5H3;;;/q3*-1;;;. The number of para-hydroxylation sites is 9. The number of benzene rings is 15. The Hall–Kier alpha value is -13.7.